The molecule has 2 heterocycles. The highest BCUT2D eigenvalue weighted by atomic mass is 32.1. The van der Waals surface area contributed by atoms with Crippen molar-refractivity contribution in [2.45, 2.75) is 25.3 Å². The minimum atomic E-state index is -0.228. The van der Waals surface area contributed by atoms with E-state index in [0.29, 0.717) is 31.0 Å². The number of hydrogen-bond donors (Lipinski definition) is 1. The number of ether oxygens (including phenoxy) is 1. The Labute approximate surface area is 184 Å². The summed E-state index contributed by atoms with van der Waals surface area (Å²) in [4.78, 5) is 18.1. The highest BCUT2D eigenvalue weighted by Gasteiger charge is 2.17. The number of rotatable bonds is 9. The van der Waals surface area contributed by atoms with Crippen LogP contribution in [-0.2, 0) is 11.2 Å². The van der Waals surface area contributed by atoms with E-state index >= 15 is 0 Å². The van der Waals surface area contributed by atoms with Gasteiger partial charge in [-0.05, 0) is 41.1 Å². The Kier molecular flexibility index (Phi) is 6.74. The first-order valence-corrected chi connectivity index (χ1v) is 11.0. The lowest BCUT2D eigenvalue weighted by Gasteiger charge is -2.20. The molecular weight excluding hydrogens is 410 g/mol. The van der Waals surface area contributed by atoms with Crippen molar-refractivity contribution in [2.24, 2.45) is 0 Å². The van der Waals surface area contributed by atoms with E-state index in [1.54, 1.807) is 18.4 Å². The summed E-state index contributed by atoms with van der Waals surface area (Å²) in [5.41, 5.74) is 2.02. The van der Waals surface area contributed by atoms with Crippen LogP contribution in [0, 0.1) is 0 Å². The van der Waals surface area contributed by atoms with Gasteiger partial charge < -0.3 is 14.6 Å². The molecule has 2 aromatic heterocycles. The van der Waals surface area contributed by atoms with Gasteiger partial charge in [0.1, 0.15) is 5.75 Å². The van der Waals surface area contributed by atoms with E-state index in [1.165, 1.54) is 0 Å². The minimum Gasteiger partial charge on any atom is -0.497 e. The Morgan fingerprint density at radius 3 is 2.55 bits per heavy atom. The van der Waals surface area contributed by atoms with Crippen molar-refractivity contribution in [3.63, 3.8) is 0 Å². The average Bonchev–Trinajstić information content (AvgIpc) is 3.50. The first-order valence-electron chi connectivity index (χ1n) is 10.1. The molecule has 31 heavy (non-hydrogen) atoms. The zero-order valence-electron chi connectivity index (χ0n) is 17.2. The second-order valence-corrected chi connectivity index (χ2v) is 7.97. The van der Waals surface area contributed by atoms with Crippen LogP contribution in [0.4, 0.5) is 0 Å². The van der Waals surface area contributed by atoms with Gasteiger partial charge in [0, 0.05) is 12.8 Å². The second kappa shape index (κ2) is 10.0. The van der Waals surface area contributed by atoms with Crippen molar-refractivity contribution < 1.29 is 14.1 Å². The van der Waals surface area contributed by atoms with Gasteiger partial charge in [0.25, 0.3) is 0 Å². The van der Waals surface area contributed by atoms with Crippen molar-refractivity contribution in [3.8, 4) is 16.5 Å². The highest BCUT2D eigenvalue weighted by Crippen LogP contribution is 2.25. The van der Waals surface area contributed by atoms with Gasteiger partial charge in [-0.1, -0.05) is 53.7 Å². The quantitative estimate of drug-likeness (QED) is 0.400. The highest BCUT2D eigenvalue weighted by molar-refractivity contribution is 7.13. The zero-order chi connectivity index (χ0) is 21.5. The smallest absolute Gasteiger partial charge is 0.226 e. The van der Waals surface area contributed by atoms with Crippen molar-refractivity contribution in [3.05, 3.63) is 89.1 Å². The molecular formula is C24H23N3O3S. The van der Waals surface area contributed by atoms with E-state index in [4.69, 9.17) is 9.26 Å². The van der Waals surface area contributed by atoms with Crippen molar-refractivity contribution in [1.29, 1.82) is 0 Å². The fourth-order valence-electron chi connectivity index (χ4n) is 3.30. The van der Waals surface area contributed by atoms with Gasteiger partial charge in [-0.15, -0.1) is 11.3 Å². The lowest BCUT2D eigenvalue weighted by atomic mass is 9.98. The molecule has 1 N–H and O–H groups in total. The molecule has 7 heteroatoms. The summed E-state index contributed by atoms with van der Waals surface area (Å²) < 4.78 is 10.6. The average molecular weight is 434 g/mol. The van der Waals surface area contributed by atoms with Gasteiger partial charge in [-0.25, -0.2) is 0 Å². The van der Waals surface area contributed by atoms with E-state index in [2.05, 4.69) is 15.5 Å². The normalized spacial score (nSPS) is 11.8. The Morgan fingerprint density at radius 1 is 1.06 bits per heavy atom. The van der Waals surface area contributed by atoms with Crippen LogP contribution in [0.2, 0.25) is 0 Å². The molecule has 0 aliphatic carbocycles. The summed E-state index contributed by atoms with van der Waals surface area (Å²) in [6, 6.07) is 21.4. The van der Waals surface area contributed by atoms with Gasteiger partial charge in [-0.3, -0.25) is 4.79 Å². The predicted octanol–water partition coefficient (Wildman–Crippen LogP) is 5.04. The van der Waals surface area contributed by atoms with E-state index in [9.17, 15) is 4.79 Å². The van der Waals surface area contributed by atoms with E-state index in [1.807, 2.05) is 72.1 Å². The van der Waals surface area contributed by atoms with E-state index in [-0.39, 0.29) is 11.9 Å². The molecule has 4 rings (SSSR count). The summed E-state index contributed by atoms with van der Waals surface area (Å²) >= 11 is 1.57. The van der Waals surface area contributed by atoms with Gasteiger partial charge in [-0.2, -0.15) is 4.98 Å². The fourth-order valence-corrected chi connectivity index (χ4v) is 3.95. The molecule has 4 aromatic rings. The molecule has 0 fully saturated rings. The zero-order valence-corrected chi connectivity index (χ0v) is 18.0. The number of methoxy groups -OCH3 is 1. The number of benzene rings is 2. The molecule has 1 amide bonds. The standard InChI is InChI=1S/C24H23N3O3S/c1-29-19-14-12-18(13-15-19)23(17-7-3-2-4-8-17)25-21(28)10-5-11-22-26-24(27-30-22)20-9-6-16-31-20/h2-4,6-9,12-16,23H,5,10-11H2,1H3,(H,25,28). The number of aryl methyl sites for hydroxylation is 1. The lowest BCUT2D eigenvalue weighted by molar-refractivity contribution is -0.121. The van der Waals surface area contributed by atoms with Crippen LogP contribution in [0.15, 0.2) is 76.6 Å². The first kappa shape index (κ1) is 20.8. The third kappa shape index (κ3) is 5.38. The maximum Gasteiger partial charge on any atom is 0.226 e. The predicted molar refractivity (Wildman–Crippen MR) is 120 cm³/mol. The van der Waals surface area contributed by atoms with Crippen LogP contribution < -0.4 is 10.1 Å². The number of nitrogens with one attached hydrogen (secondary N) is 1. The summed E-state index contributed by atoms with van der Waals surface area (Å²) in [7, 11) is 1.64. The molecule has 6 nitrogen and oxygen atoms in total. The number of carbonyl (C=O) groups is 1. The molecule has 0 aliphatic rings. The van der Waals surface area contributed by atoms with Crippen molar-refractivity contribution in [2.75, 3.05) is 7.11 Å². The number of nitrogens with zero attached hydrogens (tertiary/aromatic N) is 2. The van der Waals surface area contributed by atoms with Crippen LogP contribution >= 0.6 is 11.3 Å². The van der Waals surface area contributed by atoms with Crippen molar-refractivity contribution >= 4 is 17.2 Å². The topological polar surface area (TPSA) is 77.2 Å². The van der Waals surface area contributed by atoms with Crippen LogP contribution in [0.3, 0.4) is 0 Å². The molecule has 1 unspecified atom stereocenters. The Bertz CT molecular complexity index is 1090. The fraction of sp³-hybridized carbons (Fsp3) is 0.208. The molecule has 0 radical (unpaired) electrons. The molecule has 0 saturated carbocycles. The second-order valence-electron chi connectivity index (χ2n) is 7.03. The molecule has 0 spiro atoms. The molecule has 0 bridgehead atoms. The molecule has 158 valence electrons. The maximum atomic E-state index is 12.7. The largest absolute Gasteiger partial charge is 0.497 e. The molecule has 1 atom stereocenters. The lowest BCUT2D eigenvalue weighted by Crippen LogP contribution is -2.29. The number of carbonyl (C=O) groups excluding carboxylic acids is 1. The van der Waals surface area contributed by atoms with E-state index < -0.39 is 0 Å². The monoisotopic (exact) mass is 433 g/mol. The molecule has 0 saturated heterocycles. The van der Waals surface area contributed by atoms with Crippen LogP contribution in [0.25, 0.3) is 10.7 Å². The number of thiophene rings is 1. The first-order chi connectivity index (χ1) is 15.2. The summed E-state index contributed by atoms with van der Waals surface area (Å²) in [6.45, 7) is 0. The summed E-state index contributed by atoms with van der Waals surface area (Å²) in [5, 5.41) is 9.14. The van der Waals surface area contributed by atoms with Gasteiger partial charge >= 0.3 is 0 Å². The number of amides is 1. The summed E-state index contributed by atoms with van der Waals surface area (Å²) in [5.74, 6) is 1.90. The van der Waals surface area contributed by atoms with Gasteiger partial charge in [0.15, 0.2) is 0 Å². The number of aromatic nitrogens is 2. The van der Waals surface area contributed by atoms with Crippen LogP contribution in [0.1, 0.15) is 35.9 Å². The summed E-state index contributed by atoms with van der Waals surface area (Å²) in [6.07, 6.45) is 1.56. The van der Waals surface area contributed by atoms with Crippen molar-refractivity contribution in [1.82, 2.24) is 15.5 Å². The number of hydrogen-bond acceptors (Lipinski definition) is 6. The Morgan fingerprint density at radius 2 is 1.84 bits per heavy atom. The van der Waals surface area contributed by atoms with Crippen LogP contribution in [0.5, 0.6) is 5.75 Å². The van der Waals surface area contributed by atoms with E-state index in [0.717, 1.165) is 21.8 Å². The minimum absolute atomic E-state index is 0.0253. The van der Waals surface area contributed by atoms with Crippen LogP contribution in [-0.4, -0.2) is 23.2 Å². The van der Waals surface area contributed by atoms with Gasteiger partial charge in [0.05, 0.1) is 18.0 Å². The maximum absolute atomic E-state index is 12.7. The third-order valence-electron chi connectivity index (χ3n) is 4.89. The Hall–Kier alpha value is -3.45. The molecule has 0 aliphatic heterocycles. The van der Waals surface area contributed by atoms with Gasteiger partial charge in [0.2, 0.25) is 17.6 Å². The third-order valence-corrected chi connectivity index (χ3v) is 5.76. The SMILES string of the molecule is COc1ccc(C(NC(=O)CCCc2nc(-c3cccs3)no2)c2ccccc2)cc1. The molecule has 2 aromatic carbocycles. The Balaban J connectivity index is 1.37.